The number of piperazine rings is 1. The Hall–Kier alpha value is -3.73. The predicted octanol–water partition coefficient (Wildman–Crippen LogP) is 5.88. The predicted molar refractivity (Wildman–Crippen MR) is 185 cm³/mol. The van der Waals surface area contributed by atoms with Crippen LogP contribution in [0.1, 0.15) is 88.8 Å². The van der Waals surface area contributed by atoms with Gasteiger partial charge in [-0.05, 0) is 65.9 Å². The van der Waals surface area contributed by atoms with Gasteiger partial charge < -0.3 is 34.1 Å². The van der Waals surface area contributed by atoms with Gasteiger partial charge in [-0.2, -0.15) is 0 Å². The van der Waals surface area contributed by atoms with E-state index in [1.54, 1.807) is 25.1 Å². The van der Waals surface area contributed by atoms with Gasteiger partial charge in [0, 0.05) is 31.8 Å². The second-order valence-corrected chi connectivity index (χ2v) is 15.0. The second kappa shape index (κ2) is 14.8. The van der Waals surface area contributed by atoms with E-state index in [2.05, 4.69) is 0 Å². The highest BCUT2D eigenvalue weighted by Gasteiger charge is 2.43. The average molecular weight is 661 g/mol. The summed E-state index contributed by atoms with van der Waals surface area (Å²) in [6.07, 6.45) is 5.39. The van der Waals surface area contributed by atoms with Crippen LogP contribution in [0.2, 0.25) is 0 Å². The van der Waals surface area contributed by atoms with Crippen molar-refractivity contribution in [3.05, 3.63) is 78.2 Å². The molecule has 2 amide bonds. The number of rotatable bonds is 10. The molecule has 3 aromatic rings. The first-order valence-electron chi connectivity index (χ1n) is 17.2. The maximum Gasteiger partial charge on any atom is 0.410 e. The van der Waals surface area contributed by atoms with Crippen LogP contribution >= 0.6 is 0 Å². The maximum atomic E-state index is 14.7. The van der Waals surface area contributed by atoms with E-state index in [-0.39, 0.29) is 30.7 Å². The van der Waals surface area contributed by atoms with Gasteiger partial charge in [-0.1, -0.05) is 73.5 Å². The molecule has 1 aromatic heterocycles. The van der Waals surface area contributed by atoms with Crippen LogP contribution in [-0.4, -0.2) is 97.3 Å². The molecular formula is C38H52N4O6. The summed E-state index contributed by atoms with van der Waals surface area (Å²) in [6, 6.07) is 19.1. The summed E-state index contributed by atoms with van der Waals surface area (Å²) in [4.78, 5) is 36.1. The highest BCUT2D eigenvalue weighted by Crippen LogP contribution is 2.41. The minimum absolute atomic E-state index is 0.120. The molecule has 2 unspecified atom stereocenters. The summed E-state index contributed by atoms with van der Waals surface area (Å²) >= 11 is 0. The summed E-state index contributed by atoms with van der Waals surface area (Å²) in [7, 11) is 0. The number of hydrogen-bond acceptors (Lipinski definition) is 7. The quantitative estimate of drug-likeness (QED) is 0.261. The minimum Gasteiger partial charge on any atom is -0.444 e. The lowest BCUT2D eigenvalue weighted by Gasteiger charge is -2.42. The molecule has 0 bridgehead atoms. The van der Waals surface area contributed by atoms with Gasteiger partial charge in [-0.25, -0.2) is 9.78 Å². The molecule has 2 N–H and O–H groups in total. The molecule has 2 fully saturated rings. The Morgan fingerprint density at radius 3 is 2.33 bits per heavy atom. The molecule has 1 saturated carbocycles. The Balaban J connectivity index is 1.47. The molecular weight excluding hydrogens is 608 g/mol. The molecule has 48 heavy (non-hydrogen) atoms. The van der Waals surface area contributed by atoms with E-state index in [0.717, 1.165) is 24.0 Å². The molecule has 10 heteroatoms. The molecule has 10 nitrogen and oxygen atoms in total. The first-order valence-corrected chi connectivity index (χ1v) is 17.2. The number of nitrogens with zero attached hydrogens (tertiary/aromatic N) is 4. The van der Waals surface area contributed by atoms with Crippen LogP contribution in [0, 0.1) is 0 Å². The van der Waals surface area contributed by atoms with Crippen molar-refractivity contribution < 1.29 is 29.3 Å². The Bertz CT molecular complexity index is 1510. The van der Waals surface area contributed by atoms with E-state index < -0.39 is 16.8 Å². The van der Waals surface area contributed by atoms with E-state index in [9.17, 15) is 19.8 Å². The topological polar surface area (TPSA) is 117 Å². The first-order chi connectivity index (χ1) is 22.7. The van der Waals surface area contributed by atoms with Gasteiger partial charge in [-0.3, -0.25) is 4.79 Å². The minimum atomic E-state index is -1.17. The van der Waals surface area contributed by atoms with E-state index in [1.807, 2.05) is 90.9 Å². The SMILES string of the molecule is CC(C)(O)CCOCC1(O)CCCCC1n1cnc(C(=O)N2CCN(C(=O)OC(C)(C)C)C[C@H]2Cc2ccccc2)c1-c1ccccc1. The average Bonchev–Trinajstić information content (AvgIpc) is 3.47. The fourth-order valence-corrected chi connectivity index (χ4v) is 6.79. The number of amides is 2. The van der Waals surface area contributed by atoms with Crippen molar-refractivity contribution in [3.8, 4) is 11.3 Å². The normalized spacial score (nSPS) is 22.1. The van der Waals surface area contributed by atoms with E-state index in [0.29, 0.717) is 63.3 Å². The lowest BCUT2D eigenvalue weighted by Crippen LogP contribution is -2.58. The first kappa shape index (κ1) is 35.6. The van der Waals surface area contributed by atoms with E-state index in [4.69, 9.17) is 14.5 Å². The van der Waals surface area contributed by atoms with Gasteiger partial charge in [0.2, 0.25) is 0 Å². The number of carbonyl (C=O) groups is 2. The van der Waals surface area contributed by atoms with E-state index in [1.165, 1.54) is 0 Å². The second-order valence-electron chi connectivity index (χ2n) is 15.0. The third-order valence-corrected chi connectivity index (χ3v) is 9.26. The molecule has 0 spiro atoms. The van der Waals surface area contributed by atoms with Gasteiger partial charge in [0.25, 0.3) is 5.91 Å². The third kappa shape index (κ3) is 8.84. The van der Waals surface area contributed by atoms with Crippen LogP contribution < -0.4 is 0 Å². The Morgan fingerprint density at radius 2 is 1.67 bits per heavy atom. The van der Waals surface area contributed by atoms with Crippen molar-refractivity contribution in [3.63, 3.8) is 0 Å². The van der Waals surface area contributed by atoms with Crippen LogP contribution in [-0.2, 0) is 15.9 Å². The number of carbonyl (C=O) groups excluding carboxylic acids is 2. The summed E-state index contributed by atoms with van der Waals surface area (Å²) in [5, 5.41) is 22.2. The van der Waals surface area contributed by atoms with Gasteiger partial charge in [0.1, 0.15) is 11.2 Å². The number of imidazole rings is 1. The van der Waals surface area contributed by atoms with Crippen LogP contribution in [0.15, 0.2) is 67.0 Å². The van der Waals surface area contributed by atoms with Crippen molar-refractivity contribution in [1.29, 1.82) is 0 Å². The number of benzene rings is 2. The number of aliphatic hydroxyl groups is 2. The molecule has 0 radical (unpaired) electrons. The number of ether oxygens (including phenoxy) is 2. The lowest BCUT2D eigenvalue weighted by molar-refractivity contribution is -0.104. The summed E-state index contributed by atoms with van der Waals surface area (Å²) in [6.45, 7) is 10.5. The molecule has 1 aliphatic carbocycles. The van der Waals surface area contributed by atoms with Crippen LogP contribution in [0.3, 0.4) is 0 Å². The zero-order valence-electron chi connectivity index (χ0n) is 29.1. The molecule has 3 atom stereocenters. The zero-order valence-corrected chi connectivity index (χ0v) is 29.1. The Kier molecular flexibility index (Phi) is 11.0. The number of hydrogen-bond donors (Lipinski definition) is 2. The highest BCUT2D eigenvalue weighted by molar-refractivity contribution is 5.98. The van der Waals surface area contributed by atoms with Crippen molar-refractivity contribution in [2.24, 2.45) is 0 Å². The van der Waals surface area contributed by atoms with Crippen molar-refractivity contribution in [1.82, 2.24) is 19.4 Å². The maximum absolute atomic E-state index is 14.7. The van der Waals surface area contributed by atoms with Crippen LogP contribution in [0.5, 0.6) is 0 Å². The summed E-state index contributed by atoms with van der Waals surface area (Å²) in [5.41, 5.74) is 0.232. The fourth-order valence-electron chi connectivity index (χ4n) is 6.79. The third-order valence-electron chi connectivity index (χ3n) is 9.26. The lowest BCUT2D eigenvalue weighted by atomic mass is 9.80. The smallest absolute Gasteiger partial charge is 0.410 e. The van der Waals surface area contributed by atoms with Gasteiger partial charge >= 0.3 is 6.09 Å². The van der Waals surface area contributed by atoms with E-state index >= 15 is 0 Å². The molecule has 1 aliphatic heterocycles. The molecule has 2 aliphatic rings. The van der Waals surface area contributed by atoms with Gasteiger partial charge in [-0.15, -0.1) is 0 Å². The van der Waals surface area contributed by atoms with Crippen molar-refractivity contribution >= 4 is 12.0 Å². The van der Waals surface area contributed by atoms with Crippen molar-refractivity contribution in [2.45, 2.75) is 102 Å². The Labute approximate surface area is 284 Å². The van der Waals surface area contributed by atoms with Gasteiger partial charge in [0.05, 0.1) is 36.3 Å². The number of aromatic nitrogens is 2. The zero-order chi connectivity index (χ0) is 34.5. The standard InChI is InChI=1S/C38H52N4O6/c1-36(2,3)48-35(44)40-21-22-41(30(25-40)24-28-14-8-6-9-15-28)34(43)32-33(29-16-10-7-11-17-29)42(27-39-32)31-18-12-13-19-38(31,46)26-47-23-20-37(4,5)45/h6-11,14-17,27,30-31,45-46H,12-13,18-26H2,1-5H3/t30-,31?,38?/m1/s1. The molecule has 260 valence electrons. The summed E-state index contributed by atoms with van der Waals surface area (Å²) in [5.74, 6) is -0.210. The fraction of sp³-hybridized carbons (Fsp3) is 0.553. The molecule has 2 heterocycles. The monoisotopic (exact) mass is 660 g/mol. The molecule has 5 rings (SSSR count). The van der Waals surface area contributed by atoms with Crippen LogP contribution in [0.25, 0.3) is 11.3 Å². The van der Waals surface area contributed by atoms with Gasteiger partial charge in [0.15, 0.2) is 5.69 Å². The largest absolute Gasteiger partial charge is 0.444 e. The highest BCUT2D eigenvalue weighted by atomic mass is 16.6. The molecule has 1 saturated heterocycles. The summed E-state index contributed by atoms with van der Waals surface area (Å²) < 4.78 is 13.6. The molecule has 2 aromatic carbocycles. The Morgan fingerprint density at radius 1 is 0.979 bits per heavy atom. The van der Waals surface area contributed by atoms with Crippen molar-refractivity contribution in [2.75, 3.05) is 32.8 Å². The van der Waals surface area contributed by atoms with Crippen LogP contribution in [0.4, 0.5) is 4.79 Å².